The quantitative estimate of drug-likeness (QED) is 0.590. The lowest BCUT2D eigenvalue weighted by molar-refractivity contribution is -0.132. The monoisotopic (exact) mass is 485 g/mol. The van der Waals surface area contributed by atoms with Crippen LogP contribution in [-0.4, -0.2) is 68.4 Å². The summed E-state index contributed by atoms with van der Waals surface area (Å²) >= 11 is 2.48. The zero-order chi connectivity index (χ0) is 22.4. The van der Waals surface area contributed by atoms with E-state index in [4.69, 9.17) is 0 Å². The molecular formula is C19H27N5O4S3. The smallest absolute Gasteiger partial charge is 0.297 e. The van der Waals surface area contributed by atoms with Crippen LogP contribution < -0.4 is 5.56 Å². The Morgan fingerprint density at radius 2 is 1.90 bits per heavy atom. The molecule has 1 aliphatic carbocycles. The molecule has 1 aliphatic heterocycles. The minimum atomic E-state index is -3.07. The summed E-state index contributed by atoms with van der Waals surface area (Å²) in [6, 6.07) is -0.121. The van der Waals surface area contributed by atoms with Gasteiger partial charge in [0.1, 0.15) is 5.69 Å². The van der Waals surface area contributed by atoms with Crippen molar-refractivity contribution in [2.24, 2.45) is 0 Å². The lowest BCUT2D eigenvalue weighted by Crippen LogP contribution is -2.47. The third-order valence-electron chi connectivity index (χ3n) is 5.81. The number of carbonyl (C=O) groups is 1. The number of sulfone groups is 1. The second-order valence-corrected chi connectivity index (χ2v) is 13.7. The predicted molar refractivity (Wildman–Crippen MR) is 121 cm³/mol. The number of fused-ring (bicyclic) bond motifs is 1. The molecule has 0 unspecified atom stereocenters. The summed E-state index contributed by atoms with van der Waals surface area (Å²) < 4.78 is 25.8. The topological polar surface area (TPSA) is 115 Å². The van der Waals surface area contributed by atoms with Crippen molar-refractivity contribution in [2.75, 3.05) is 17.3 Å². The van der Waals surface area contributed by atoms with Gasteiger partial charge in [0, 0.05) is 17.5 Å². The summed E-state index contributed by atoms with van der Waals surface area (Å²) in [6.45, 7) is 5.69. The van der Waals surface area contributed by atoms with Gasteiger partial charge < -0.3 is 4.90 Å². The summed E-state index contributed by atoms with van der Waals surface area (Å²) in [5.41, 5.74) is -0.393. The highest BCUT2D eigenvalue weighted by molar-refractivity contribution is 8.01. The van der Waals surface area contributed by atoms with Gasteiger partial charge in [-0.3, -0.25) is 9.59 Å². The molecule has 170 valence electrons. The molecular weight excluding hydrogens is 458 g/mol. The summed E-state index contributed by atoms with van der Waals surface area (Å²) in [7, 11) is -3.07. The number of carbonyl (C=O) groups excluding carboxylic acids is 1. The Hall–Kier alpha value is -1.53. The molecule has 0 N–H and O–H groups in total. The van der Waals surface area contributed by atoms with Crippen LogP contribution in [-0.2, 0) is 20.0 Å². The fourth-order valence-corrected chi connectivity index (χ4v) is 7.76. The highest BCUT2D eigenvalue weighted by atomic mass is 32.2. The van der Waals surface area contributed by atoms with Crippen molar-refractivity contribution in [2.45, 2.75) is 74.7 Å². The molecule has 0 radical (unpaired) electrons. The molecule has 12 heteroatoms. The molecule has 2 aliphatic rings. The van der Waals surface area contributed by atoms with Crippen LogP contribution in [0.2, 0.25) is 0 Å². The first-order valence-electron chi connectivity index (χ1n) is 10.5. The lowest BCUT2D eigenvalue weighted by atomic mass is 9.93. The van der Waals surface area contributed by atoms with Crippen molar-refractivity contribution >= 4 is 43.8 Å². The van der Waals surface area contributed by atoms with E-state index in [1.807, 2.05) is 25.7 Å². The highest BCUT2D eigenvalue weighted by Crippen LogP contribution is 2.31. The zero-order valence-corrected chi connectivity index (χ0v) is 20.4. The minimum Gasteiger partial charge on any atom is -0.335 e. The maximum atomic E-state index is 13.2. The zero-order valence-electron chi connectivity index (χ0n) is 17.9. The Morgan fingerprint density at radius 1 is 1.19 bits per heavy atom. The van der Waals surface area contributed by atoms with E-state index in [0.29, 0.717) is 21.4 Å². The van der Waals surface area contributed by atoms with Gasteiger partial charge in [-0.15, -0.1) is 15.3 Å². The first-order valence-corrected chi connectivity index (χ1v) is 14.1. The van der Waals surface area contributed by atoms with Crippen LogP contribution in [0.25, 0.3) is 4.96 Å². The Balaban J connectivity index is 1.51. The van der Waals surface area contributed by atoms with Crippen molar-refractivity contribution in [3.05, 3.63) is 16.0 Å². The molecule has 0 aromatic carbocycles. The van der Waals surface area contributed by atoms with Gasteiger partial charge in [0.15, 0.2) is 14.2 Å². The van der Waals surface area contributed by atoms with Crippen LogP contribution >= 0.6 is 23.1 Å². The number of nitrogens with zero attached hydrogens (tertiary/aromatic N) is 5. The average Bonchev–Trinajstić information content (AvgIpc) is 3.40. The third-order valence-corrected chi connectivity index (χ3v) is 9.58. The Morgan fingerprint density at radius 3 is 2.52 bits per heavy atom. The van der Waals surface area contributed by atoms with Gasteiger partial charge in [-0.2, -0.15) is 4.52 Å². The largest absolute Gasteiger partial charge is 0.335 e. The Bertz CT molecular complexity index is 1150. The van der Waals surface area contributed by atoms with E-state index >= 15 is 0 Å². The molecule has 4 rings (SSSR count). The summed E-state index contributed by atoms with van der Waals surface area (Å²) in [6.07, 6.45) is 4.49. The van der Waals surface area contributed by atoms with Crippen LogP contribution in [0.1, 0.15) is 58.6 Å². The van der Waals surface area contributed by atoms with Gasteiger partial charge >= 0.3 is 0 Å². The van der Waals surface area contributed by atoms with Gasteiger partial charge in [0.05, 0.1) is 17.3 Å². The van der Waals surface area contributed by atoms with Gasteiger partial charge in [-0.05, 0) is 19.3 Å². The Kier molecular flexibility index (Phi) is 6.16. The number of aromatic nitrogens is 4. The van der Waals surface area contributed by atoms with Gasteiger partial charge in [0.25, 0.3) is 5.56 Å². The SMILES string of the molecule is CC(C)(C)c1nnc2sc(SCC(=O)N(C3CCCC3)[C@H]3CCS(=O)(=O)C3)nn2c1=O. The molecule has 0 spiro atoms. The second-order valence-electron chi connectivity index (χ2n) is 9.25. The van der Waals surface area contributed by atoms with E-state index in [1.165, 1.54) is 27.6 Å². The van der Waals surface area contributed by atoms with Crippen molar-refractivity contribution < 1.29 is 13.2 Å². The van der Waals surface area contributed by atoms with Crippen molar-refractivity contribution in [1.29, 1.82) is 0 Å². The fraction of sp³-hybridized carbons (Fsp3) is 0.737. The molecule has 1 atom stereocenters. The van der Waals surface area contributed by atoms with Gasteiger partial charge in [-0.25, -0.2) is 8.42 Å². The van der Waals surface area contributed by atoms with E-state index < -0.39 is 15.3 Å². The molecule has 9 nitrogen and oxygen atoms in total. The van der Waals surface area contributed by atoms with E-state index in [9.17, 15) is 18.0 Å². The standard InChI is InChI=1S/C19H27N5O4S3/c1-19(2,3)15-16(26)24-17(21-20-15)30-18(22-24)29-10-14(25)23(12-6-4-5-7-12)13-8-9-31(27,28)11-13/h12-13H,4-11H2,1-3H3/t13-/m0/s1. The third kappa shape index (κ3) is 4.80. The maximum absolute atomic E-state index is 13.2. The predicted octanol–water partition coefficient (Wildman–Crippen LogP) is 1.89. The van der Waals surface area contributed by atoms with Crippen molar-refractivity contribution in [3.8, 4) is 0 Å². The summed E-state index contributed by atoms with van der Waals surface area (Å²) in [4.78, 5) is 28.1. The molecule has 1 amide bonds. The van der Waals surface area contributed by atoms with E-state index in [0.717, 1.165) is 25.7 Å². The van der Waals surface area contributed by atoms with Crippen LogP contribution in [0.15, 0.2) is 9.13 Å². The van der Waals surface area contributed by atoms with Gasteiger partial charge in [-0.1, -0.05) is 56.7 Å². The van der Waals surface area contributed by atoms with E-state index in [2.05, 4.69) is 15.3 Å². The van der Waals surface area contributed by atoms with Crippen LogP contribution in [0.4, 0.5) is 0 Å². The summed E-state index contributed by atoms with van der Waals surface area (Å²) in [5.74, 6) is 0.298. The molecule has 2 aromatic rings. The van der Waals surface area contributed by atoms with Crippen molar-refractivity contribution in [3.63, 3.8) is 0 Å². The number of thioether (sulfide) groups is 1. The first kappa shape index (κ1) is 22.7. The Labute approximate surface area is 189 Å². The number of hydrogen-bond donors (Lipinski definition) is 0. The fourth-order valence-electron chi connectivity index (χ4n) is 4.31. The molecule has 1 saturated carbocycles. The molecule has 3 heterocycles. The van der Waals surface area contributed by atoms with Crippen LogP contribution in [0.3, 0.4) is 0 Å². The first-order chi connectivity index (χ1) is 14.5. The lowest BCUT2D eigenvalue weighted by Gasteiger charge is -2.34. The maximum Gasteiger partial charge on any atom is 0.297 e. The second kappa shape index (κ2) is 8.43. The van der Waals surface area contributed by atoms with E-state index in [1.54, 1.807) is 0 Å². The number of rotatable bonds is 5. The molecule has 0 bridgehead atoms. The normalized spacial score (nSPS) is 21.7. The summed E-state index contributed by atoms with van der Waals surface area (Å²) in [5, 5.41) is 12.6. The minimum absolute atomic E-state index is 0.0572. The average molecular weight is 486 g/mol. The van der Waals surface area contributed by atoms with Crippen LogP contribution in [0, 0.1) is 0 Å². The number of amides is 1. The number of hydrogen-bond acceptors (Lipinski definition) is 9. The molecule has 2 fully saturated rings. The van der Waals surface area contributed by atoms with E-state index in [-0.39, 0.29) is 40.8 Å². The molecule has 1 saturated heterocycles. The van der Waals surface area contributed by atoms with Crippen LogP contribution in [0.5, 0.6) is 0 Å². The highest BCUT2D eigenvalue weighted by Gasteiger charge is 2.39. The molecule has 2 aromatic heterocycles. The van der Waals surface area contributed by atoms with Gasteiger partial charge in [0.2, 0.25) is 10.9 Å². The van der Waals surface area contributed by atoms with Crippen molar-refractivity contribution in [1.82, 2.24) is 24.7 Å². The molecule has 31 heavy (non-hydrogen) atoms.